The summed E-state index contributed by atoms with van der Waals surface area (Å²) >= 11 is 0. The normalized spacial score (nSPS) is 11.6. The number of pyridine rings is 1. The Morgan fingerprint density at radius 2 is 0.804 bits per heavy atom. The lowest BCUT2D eigenvalue weighted by Gasteiger charge is -2.10. The van der Waals surface area contributed by atoms with Gasteiger partial charge in [0.1, 0.15) is 0 Å². The fraction of sp³-hybridized carbons (Fsp3) is 0. The van der Waals surface area contributed by atoms with Crippen LogP contribution >= 0.6 is 0 Å². The van der Waals surface area contributed by atoms with Gasteiger partial charge in [-0.3, -0.25) is 4.40 Å². The zero-order valence-corrected chi connectivity index (χ0v) is 30.4. The smallest absolute Gasteiger partial charge is 0.168 e. The van der Waals surface area contributed by atoms with Gasteiger partial charge in [-0.25, -0.2) is 0 Å². The molecule has 11 rings (SSSR count). The van der Waals surface area contributed by atoms with Crippen molar-refractivity contribution in [3.8, 4) is 61.6 Å². The molecule has 0 fully saturated rings. The van der Waals surface area contributed by atoms with Gasteiger partial charge in [0.25, 0.3) is 0 Å². The van der Waals surface area contributed by atoms with E-state index < -0.39 is 0 Å². The molecule has 3 heterocycles. The summed E-state index contributed by atoms with van der Waals surface area (Å²) in [5.41, 5.74) is 14.9. The first-order chi connectivity index (χ1) is 27.7. The molecule has 262 valence electrons. The minimum absolute atomic E-state index is 0.823. The fourth-order valence-corrected chi connectivity index (χ4v) is 8.25. The van der Waals surface area contributed by atoms with Crippen molar-refractivity contribution < 1.29 is 0 Å². The molecule has 0 saturated carbocycles. The molecule has 4 nitrogen and oxygen atoms in total. The van der Waals surface area contributed by atoms with Crippen molar-refractivity contribution in [1.29, 1.82) is 0 Å². The van der Waals surface area contributed by atoms with Crippen LogP contribution in [0.3, 0.4) is 0 Å². The van der Waals surface area contributed by atoms with Gasteiger partial charge in [0.05, 0.1) is 11.0 Å². The minimum atomic E-state index is 0.823. The summed E-state index contributed by atoms with van der Waals surface area (Å²) in [5.74, 6) is 0.823. The molecule has 8 aromatic carbocycles. The van der Waals surface area contributed by atoms with Gasteiger partial charge in [-0.05, 0) is 117 Å². The third kappa shape index (κ3) is 5.39. The monoisotopic (exact) mass is 714 g/mol. The first kappa shape index (κ1) is 31.9. The first-order valence-corrected chi connectivity index (χ1v) is 19.0. The second-order valence-corrected chi connectivity index (χ2v) is 14.4. The Bertz CT molecular complexity index is 3090. The Kier molecular flexibility index (Phi) is 7.46. The molecule has 0 saturated heterocycles. The van der Waals surface area contributed by atoms with Gasteiger partial charge in [0.2, 0.25) is 0 Å². The van der Waals surface area contributed by atoms with E-state index in [4.69, 9.17) is 0 Å². The summed E-state index contributed by atoms with van der Waals surface area (Å²) < 4.78 is 4.47. The largest absolute Gasteiger partial charge is 0.309 e. The number of hydrogen-bond donors (Lipinski definition) is 0. The zero-order chi connectivity index (χ0) is 37.0. The van der Waals surface area contributed by atoms with Crippen molar-refractivity contribution in [2.45, 2.75) is 0 Å². The fourth-order valence-electron chi connectivity index (χ4n) is 8.25. The Balaban J connectivity index is 1.06. The molecule has 0 aliphatic heterocycles. The second-order valence-electron chi connectivity index (χ2n) is 14.4. The molecule has 0 bridgehead atoms. The van der Waals surface area contributed by atoms with Gasteiger partial charge < -0.3 is 4.57 Å². The van der Waals surface area contributed by atoms with Gasteiger partial charge in [-0.15, -0.1) is 10.2 Å². The van der Waals surface area contributed by atoms with Crippen molar-refractivity contribution in [3.63, 3.8) is 0 Å². The number of fused-ring (bicyclic) bond motifs is 6. The number of aromatic nitrogens is 4. The van der Waals surface area contributed by atoms with Gasteiger partial charge in [0.15, 0.2) is 11.5 Å². The van der Waals surface area contributed by atoms with Crippen LogP contribution in [0.4, 0.5) is 0 Å². The topological polar surface area (TPSA) is 35.1 Å². The van der Waals surface area contributed by atoms with Crippen LogP contribution in [0.2, 0.25) is 0 Å². The van der Waals surface area contributed by atoms with E-state index in [0.29, 0.717) is 0 Å². The highest BCUT2D eigenvalue weighted by molar-refractivity contribution is 6.11. The van der Waals surface area contributed by atoms with Crippen LogP contribution in [0.5, 0.6) is 0 Å². The molecule has 0 N–H and O–H groups in total. The van der Waals surface area contributed by atoms with E-state index in [1.165, 1.54) is 55.3 Å². The third-order valence-corrected chi connectivity index (χ3v) is 11.1. The Morgan fingerprint density at radius 1 is 0.321 bits per heavy atom. The highest BCUT2D eigenvalue weighted by atomic mass is 15.2. The van der Waals surface area contributed by atoms with Crippen LogP contribution in [0.15, 0.2) is 206 Å². The molecule has 11 aromatic rings. The average molecular weight is 715 g/mol. The number of rotatable bonds is 6. The van der Waals surface area contributed by atoms with Crippen molar-refractivity contribution in [2.24, 2.45) is 0 Å². The number of benzene rings is 8. The van der Waals surface area contributed by atoms with E-state index in [1.807, 2.05) is 6.07 Å². The maximum atomic E-state index is 4.64. The molecule has 56 heavy (non-hydrogen) atoms. The summed E-state index contributed by atoms with van der Waals surface area (Å²) in [5, 5.41) is 13.9. The molecule has 3 aromatic heterocycles. The maximum Gasteiger partial charge on any atom is 0.168 e. The lowest BCUT2D eigenvalue weighted by Crippen LogP contribution is -1.95. The van der Waals surface area contributed by atoms with Crippen molar-refractivity contribution in [3.05, 3.63) is 206 Å². The van der Waals surface area contributed by atoms with Crippen LogP contribution in [0, 0.1) is 0 Å². The highest BCUT2D eigenvalue weighted by Crippen LogP contribution is 2.39. The minimum Gasteiger partial charge on any atom is -0.309 e. The maximum absolute atomic E-state index is 4.64. The number of hydrogen-bond acceptors (Lipinski definition) is 2. The molecule has 0 aliphatic rings. The SMILES string of the molecule is c1ccc(-c2cccc(-c3ccc4c(c3)c3cc(-c5cccc(-c6ccccc6)c5)ccc3n4-c3ccc(-c4nnc5c6ccccc6ccn45)cc3)c2)cc1. The van der Waals surface area contributed by atoms with E-state index in [0.717, 1.165) is 44.5 Å². The Morgan fingerprint density at radius 3 is 1.39 bits per heavy atom. The standard InChI is InChI=1S/C52H34N4/c1-3-11-35(12-4-1)39-16-9-18-41(31-39)43-23-27-49-47(33-43)48-34-44(42-19-10-17-40(32-42)36-13-5-2-6-14-36)24-28-50(48)56(49)45-25-21-38(22-26-45)51-53-54-52-46-20-8-7-15-37(46)29-30-55(51)52/h1-34H. The predicted octanol–water partition coefficient (Wildman–Crippen LogP) is 13.3. The van der Waals surface area contributed by atoms with Crippen molar-refractivity contribution >= 4 is 38.2 Å². The first-order valence-electron chi connectivity index (χ1n) is 19.0. The molecule has 0 aliphatic carbocycles. The van der Waals surface area contributed by atoms with Crippen LogP contribution in [0.25, 0.3) is 99.8 Å². The summed E-state index contributed by atoms with van der Waals surface area (Å²) in [6, 6.07) is 71.9. The van der Waals surface area contributed by atoms with E-state index >= 15 is 0 Å². The van der Waals surface area contributed by atoms with Gasteiger partial charge in [0, 0.05) is 33.6 Å². The van der Waals surface area contributed by atoms with Crippen LogP contribution in [0.1, 0.15) is 0 Å². The van der Waals surface area contributed by atoms with Gasteiger partial charge in [-0.1, -0.05) is 133 Å². The van der Waals surface area contributed by atoms with E-state index in [-0.39, 0.29) is 0 Å². The summed E-state index contributed by atoms with van der Waals surface area (Å²) in [7, 11) is 0. The van der Waals surface area contributed by atoms with Gasteiger partial charge >= 0.3 is 0 Å². The average Bonchev–Trinajstić information content (AvgIpc) is 3.86. The molecule has 0 atom stereocenters. The van der Waals surface area contributed by atoms with Crippen LogP contribution in [-0.2, 0) is 0 Å². The van der Waals surface area contributed by atoms with E-state index in [9.17, 15) is 0 Å². The van der Waals surface area contributed by atoms with E-state index in [1.54, 1.807) is 0 Å². The quantitative estimate of drug-likeness (QED) is 0.172. The van der Waals surface area contributed by atoms with Crippen molar-refractivity contribution in [1.82, 2.24) is 19.2 Å². The molecule has 0 spiro atoms. The number of nitrogens with zero attached hydrogens (tertiary/aromatic N) is 4. The summed E-state index contributed by atoms with van der Waals surface area (Å²) in [4.78, 5) is 0. The molecule has 0 radical (unpaired) electrons. The predicted molar refractivity (Wildman–Crippen MR) is 232 cm³/mol. The third-order valence-electron chi connectivity index (χ3n) is 11.1. The van der Waals surface area contributed by atoms with Gasteiger partial charge in [-0.2, -0.15) is 0 Å². The summed E-state index contributed by atoms with van der Waals surface area (Å²) in [6.45, 7) is 0. The zero-order valence-electron chi connectivity index (χ0n) is 30.4. The lowest BCUT2D eigenvalue weighted by molar-refractivity contribution is 1.11. The molecule has 0 unspecified atom stereocenters. The molecular formula is C52H34N4. The Labute approximate surface area is 324 Å². The Hall–Kier alpha value is -7.56. The second kappa shape index (κ2) is 13.1. The van der Waals surface area contributed by atoms with Crippen LogP contribution in [-0.4, -0.2) is 19.2 Å². The molecule has 4 heteroatoms. The lowest BCUT2D eigenvalue weighted by atomic mass is 9.96. The van der Waals surface area contributed by atoms with Crippen LogP contribution < -0.4 is 0 Å². The molecular weight excluding hydrogens is 681 g/mol. The highest BCUT2D eigenvalue weighted by Gasteiger charge is 2.17. The molecule has 0 amide bonds. The summed E-state index contributed by atoms with van der Waals surface area (Å²) in [6.07, 6.45) is 2.06. The van der Waals surface area contributed by atoms with E-state index in [2.05, 4.69) is 219 Å². The van der Waals surface area contributed by atoms with Crippen molar-refractivity contribution in [2.75, 3.05) is 0 Å².